The molecule has 1 aliphatic rings. The largest absolute Gasteiger partial charge is 0.480 e. The lowest BCUT2D eigenvalue weighted by Crippen LogP contribution is -2.46. The molecule has 0 heterocycles. The van der Waals surface area contributed by atoms with E-state index >= 15 is 0 Å². The van der Waals surface area contributed by atoms with Crippen molar-refractivity contribution in [1.82, 2.24) is 4.90 Å². The van der Waals surface area contributed by atoms with Crippen LogP contribution in [0.2, 0.25) is 0 Å². The van der Waals surface area contributed by atoms with Crippen molar-refractivity contribution in [3.63, 3.8) is 0 Å². The number of aliphatic carboxylic acids is 1. The van der Waals surface area contributed by atoms with Gasteiger partial charge in [-0.05, 0) is 25.8 Å². The van der Waals surface area contributed by atoms with E-state index in [1.54, 1.807) is 11.9 Å². The van der Waals surface area contributed by atoms with Gasteiger partial charge in [-0.1, -0.05) is 0 Å². The molecule has 0 aliphatic heterocycles. The molecule has 0 saturated heterocycles. The molecule has 88 valence electrons. The maximum atomic E-state index is 10.9. The van der Waals surface area contributed by atoms with Gasteiger partial charge in [0.15, 0.2) is 0 Å². The van der Waals surface area contributed by atoms with Crippen LogP contribution in [0.25, 0.3) is 0 Å². The first-order valence-electron chi connectivity index (χ1n) is 5.14. The Bertz CT molecular complexity index is 215. The molecule has 15 heavy (non-hydrogen) atoms. The van der Waals surface area contributed by atoms with Crippen molar-refractivity contribution in [3.8, 4) is 0 Å². The fraction of sp³-hybridized carbons (Fsp3) is 0.900. The molecule has 1 fully saturated rings. The van der Waals surface area contributed by atoms with Gasteiger partial charge in [0.25, 0.3) is 0 Å². The van der Waals surface area contributed by atoms with E-state index in [0.29, 0.717) is 12.5 Å². The molecule has 0 aromatic carbocycles. The molecule has 1 saturated carbocycles. The number of aliphatic hydroxyl groups is 1. The minimum absolute atomic E-state index is 0.186. The van der Waals surface area contributed by atoms with E-state index in [1.165, 1.54) is 7.11 Å². The Kier molecular flexibility index (Phi) is 4.50. The van der Waals surface area contributed by atoms with Gasteiger partial charge in [-0.3, -0.25) is 9.69 Å². The number of aliphatic hydroxyl groups excluding tert-OH is 1. The minimum atomic E-state index is -0.862. The number of rotatable bonds is 6. The van der Waals surface area contributed by atoms with Gasteiger partial charge in [-0.25, -0.2) is 0 Å². The van der Waals surface area contributed by atoms with Gasteiger partial charge in [-0.15, -0.1) is 0 Å². The molecule has 1 unspecified atom stereocenters. The molecule has 0 amide bonds. The van der Waals surface area contributed by atoms with Crippen LogP contribution < -0.4 is 0 Å². The summed E-state index contributed by atoms with van der Waals surface area (Å²) in [5.74, 6) is -0.442. The van der Waals surface area contributed by atoms with Gasteiger partial charge in [0.05, 0.1) is 12.7 Å². The second kappa shape index (κ2) is 5.44. The molecular formula is C10H19NO4. The van der Waals surface area contributed by atoms with E-state index in [1.807, 2.05) is 0 Å². The molecule has 0 radical (unpaired) electrons. The van der Waals surface area contributed by atoms with Crippen LogP contribution in [0.5, 0.6) is 0 Å². The van der Waals surface area contributed by atoms with E-state index in [9.17, 15) is 4.79 Å². The summed E-state index contributed by atoms with van der Waals surface area (Å²) < 4.78 is 4.87. The Hall–Kier alpha value is -0.650. The molecule has 5 heteroatoms. The Morgan fingerprint density at radius 2 is 2.20 bits per heavy atom. The quantitative estimate of drug-likeness (QED) is 0.644. The Morgan fingerprint density at radius 1 is 1.60 bits per heavy atom. The van der Waals surface area contributed by atoms with Crippen molar-refractivity contribution in [2.75, 3.05) is 27.3 Å². The summed E-state index contributed by atoms with van der Waals surface area (Å²) in [6, 6.07) is -0.590. The highest BCUT2D eigenvalue weighted by Gasteiger charge is 2.31. The number of likely N-dealkylation sites (N-methyl/N-ethyl adjacent to an activating group) is 1. The van der Waals surface area contributed by atoms with Crippen LogP contribution in [-0.4, -0.2) is 60.5 Å². The first kappa shape index (κ1) is 12.4. The first-order chi connectivity index (χ1) is 7.04. The second-order valence-corrected chi connectivity index (χ2v) is 4.24. The van der Waals surface area contributed by atoms with Crippen LogP contribution in [0, 0.1) is 5.92 Å². The molecule has 0 spiro atoms. The van der Waals surface area contributed by atoms with Crippen molar-refractivity contribution < 1.29 is 19.7 Å². The van der Waals surface area contributed by atoms with Crippen molar-refractivity contribution in [2.45, 2.75) is 25.0 Å². The van der Waals surface area contributed by atoms with E-state index in [4.69, 9.17) is 14.9 Å². The maximum Gasteiger partial charge on any atom is 0.323 e. The normalized spacial score (nSPS) is 27.5. The highest BCUT2D eigenvalue weighted by atomic mass is 16.5. The van der Waals surface area contributed by atoms with E-state index in [-0.39, 0.29) is 12.7 Å². The Labute approximate surface area is 89.6 Å². The summed E-state index contributed by atoms with van der Waals surface area (Å²) in [5.41, 5.74) is 0. The molecule has 1 aliphatic carbocycles. The Morgan fingerprint density at radius 3 is 2.60 bits per heavy atom. The van der Waals surface area contributed by atoms with Crippen LogP contribution in [-0.2, 0) is 9.53 Å². The number of hydrogen-bond donors (Lipinski definition) is 2. The van der Waals surface area contributed by atoms with Crippen LogP contribution in [0.15, 0.2) is 0 Å². The first-order valence-corrected chi connectivity index (χ1v) is 5.14. The molecule has 1 atom stereocenters. The summed E-state index contributed by atoms with van der Waals surface area (Å²) in [4.78, 5) is 12.7. The van der Waals surface area contributed by atoms with Crippen molar-refractivity contribution in [2.24, 2.45) is 5.92 Å². The summed E-state index contributed by atoms with van der Waals surface area (Å²) in [6.07, 6.45) is 1.38. The van der Waals surface area contributed by atoms with E-state index < -0.39 is 12.0 Å². The molecule has 2 N–H and O–H groups in total. The highest BCUT2D eigenvalue weighted by molar-refractivity contribution is 5.73. The topological polar surface area (TPSA) is 70.0 Å². The van der Waals surface area contributed by atoms with Crippen molar-refractivity contribution in [3.05, 3.63) is 0 Å². The van der Waals surface area contributed by atoms with E-state index in [0.717, 1.165) is 12.8 Å². The fourth-order valence-electron chi connectivity index (χ4n) is 1.93. The SMILES string of the molecule is COCC(C(=O)O)N(C)CC1CC(O)C1. The monoisotopic (exact) mass is 217 g/mol. The fourth-order valence-corrected chi connectivity index (χ4v) is 1.93. The zero-order valence-corrected chi connectivity index (χ0v) is 9.22. The van der Waals surface area contributed by atoms with Gasteiger partial charge in [-0.2, -0.15) is 0 Å². The van der Waals surface area contributed by atoms with Crippen molar-refractivity contribution >= 4 is 5.97 Å². The highest BCUT2D eigenvalue weighted by Crippen LogP contribution is 2.27. The average molecular weight is 217 g/mol. The smallest absolute Gasteiger partial charge is 0.323 e. The minimum Gasteiger partial charge on any atom is -0.480 e. The molecular weight excluding hydrogens is 198 g/mol. The number of nitrogens with zero attached hydrogens (tertiary/aromatic N) is 1. The summed E-state index contributed by atoms with van der Waals surface area (Å²) >= 11 is 0. The van der Waals surface area contributed by atoms with Crippen LogP contribution in [0.4, 0.5) is 0 Å². The zero-order chi connectivity index (χ0) is 11.4. The third kappa shape index (κ3) is 3.44. The summed E-state index contributed by atoms with van der Waals surface area (Å²) in [7, 11) is 3.28. The molecule has 0 aromatic rings. The Balaban J connectivity index is 2.35. The third-order valence-corrected chi connectivity index (χ3v) is 2.90. The lowest BCUT2D eigenvalue weighted by molar-refractivity contribution is -0.145. The van der Waals surface area contributed by atoms with Crippen LogP contribution >= 0.6 is 0 Å². The van der Waals surface area contributed by atoms with Gasteiger partial charge in [0.2, 0.25) is 0 Å². The maximum absolute atomic E-state index is 10.9. The van der Waals surface area contributed by atoms with Gasteiger partial charge >= 0.3 is 5.97 Å². The summed E-state index contributed by atoms with van der Waals surface area (Å²) in [5, 5.41) is 18.1. The second-order valence-electron chi connectivity index (χ2n) is 4.24. The number of methoxy groups -OCH3 is 1. The van der Waals surface area contributed by atoms with Crippen molar-refractivity contribution in [1.29, 1.82) is 0 Å². The number of carbonyl (C=O) groups is 1. The lowest BCUT2D eigenvalue weighted by Gasteiger charge is -2.36. The number of hydrogen-bond acceptors (Lipinski definition) is 4. The van der Waals surface area contributed by atoms with Crippen LogP contribution in [0.3, 0.4) is 0 Å². The van der Waals surface area contributed by atoms with Gasteiger partial charge in [0, 0.05) is 13.7 Å². The number of ether oxygens (including phenoxy) is 1. The van der Waals surface area contributed by atoms with Crippen LogP contribution in [0.1, 0.15) is 12.8 Å². The summed E-state index contributed by atoms with van der Waals surface area (Å²) in [6.45, 7) is 0.901. The zero-order valence-electron chi connectivity index (χ0n) is 9.22. The van der Waals surface area contributed by atoms with Gasteiger partial charge < -0.3 is 14.9 Å². The van der Waals surface area contributed by atoms with E-state index in [2.05, 4.69) is 0 Å². The lowest BCUT2D eigenvalue weighted by atomic mass is 9.82. The van der Waals surface area contributed by atoms with Gasteiger partial charge in [0.1, 0.15) is 6.04 Å². The molecule has 1 rings (SSSR count). The molecule has 0 aromatic heterocycles. The molecule has 5 nitrogen and oxygen atoms in total. The standard InChI is InChI=1S/C10H19NO4/c1-11(5-7-3-8(12)4-7)9(6-15-2)10(13)14/h7-9,12H,3-6H2,1-2H3,(H,13,14). The number of carboxylic acids is 1. The number of carboxylic acid groups (broad SMARTS) is 1. The third-order valence-electron chi connectivity index (χ3n) is 2.90. The predicted octanol–water partition coefficient (Wildman–Crippen LogP) is -0.211. The molecule has 0 bridgehead atoms. The average Bonchev–Trinajstić information content (AvgIpc) is 2.10. The predicted molar refractivity (Wildman–Crippen MR) is 54.7 cm³/mol.